The van der Waals surface area contributed by atoms with Crippen molar-refractivity contribution in [2.24, 2.45) is 0 Å². The van der Waals surface area contributed by atoms with Crippen LogP contribution in [0.1, 0.15) is 92.4 Å². The SMILES string of the molecule is Cc1c(C)c(S(=O)(=O)NCCCC[C@H](NC(=O)OC(C)(C)C)C(=O)c2nccs2)c(C)c2c1OC(C)(C)CC2. The van der Waals surface area contributed by atoms with Gasteiger partial charge in [-0.1, -0.05) is 0 Å². The van der Waals surface area contributed by atoms with Crippen LogP contribution in [0.15, 0.2) is 16.5 Å². The molecule has 0 aliphatic carbocycles. The normalized spacial score (nSPS) is 15.7. The zero-order valence-corrected chi connectivity index (χ0v) is 25.8. The molecule has 1 aromatic heterocycles. The minimum Gasteiger partial charge on any atom is -0.487 e. The molecular weight excluding hydrogens is 538 g/mol. The van der Waals surface area contributed by atoms with Crippen molar-refractivity contribution < 1.29 is 27.5 Å². The monoisotopic (exact) mass is 579 g/mol. The second kappa shape index (κ2) is 11.9. The van der Waals surface area contributed by atoms with E-state index in [0.29, 0.717) is 34.7 Å². The lowest BCUT2D eigenvalue weighted by Crippen LogP contribution is -2.43. The highest BCUT2D eigenvalue weighted by Gasteiger charge is 2.33. The number of rotatable bonds is 10. The number of nitrogens with zero attached hydrogens (tertiary/aromatic N) is 1. The summed E-state index contributed by atoms with van der Waals surface area (Å²) in [6.45, 7) is 15.1. The van der Waals surface area contributed by atoms with E-state index in [9.17, 15) is 18.0 Å². The predicted molar refractivity (Wildman–Crippen MR) is 152 cm³/mol. The summed E-state index contributed by atoms with van der Waals surface area (Å²) in [7, 11) is -3.77. The van der Waals surface area contributed by atoms with Crippen molar-refractivity contribution in [2.45, 2.75) is 110 Å². The van der Waals surface area contributed by atoms with E-state index in [2.05, 4.69) is 15.0 Å². The molecule has 0 spiro atoms. The molecule has 9 nitrogen and oxygen atoms in total. The van der Waals surface area contributed by atoms with Gasteiger partial charge >= 0.3 is 6.09 Å². The maximum Gasteiger partial charge on any atom is 0.408 e. The highest BCUT2D eigenvalue weighted by molar-refractivity contribution is 7.89. The van der Waals surface area contributed by atoms with Gasteiger partial charge in [0.05, 0.1) is 10.9 Å². The number of ether oxygens (including phenoxy) is 2. The Bertz CT molecular complexity index is 1310. The molecule has 0 unspecified atom stereocenters. The average Bonchev–Trinajstić information content (AvgIpc) is 3.34. The van der Waals surface area contributed by atoms with Crippen LogP contribution in [0.5, 0.6) is 5.75 Å². The molecule has 2 aromatic rings. The van der Waals surface area contributed by atoms with Gasteiger partial charge in [-0.2, -0.15) is 0 Å². The first-order valence-corrected chi connectivity index (χ1v) is 15.6. The van der Waals surface area contributed by atoms with E-state index in [4.69, 9.17) is 9.47 Å². The number of hydrogen-bond donors (Lipinski definition) is 2. The van der Waals surface area contributed by atoms with Crippen LogP contribution < -0.4 is 14.8 Å². The molecule has 0 saturated heterocycles. The molecular formula is C28H41N3O6S2. The van der Waals surface area contributed by atoms with E-state index in [0.717, 1.165) is 35.3 Å². The molecule has 1 aliphatic rings. The number of carbonyl (C=O) groups is 2. The van der Waals surface area contributed by atoms with Gasteiger partial charge < -0.3 is 14.8 Å². The van der Waals surface area contributed by atoms with E-state index in [1.165, 1.54) is 17.5 Å². The Kier molecular flexibility index (Phi) is 9.50. The molecule has 1 atom stereocenters. The summed E-state index contributed by atoms with van der Waals surface area (Å²) in [6, 6.07) is -0.820. The summed E-state index contributed by atoms with van der Waals surface area (Å²) >= 11 is 1.20. The lowest BCUT2D eigenvalue weighted by molar-refractivity contribution is 0.0488. The van der Waals surface area contributed by atoms with E-state index in [-0.39, 0.29) is 17.9 Å². The zero-order chi connectivity index (χ0) is 29.2. The molecule has 1 aromatic carbocycles. The molecule has 2 heterocycles. The summed E-state index contributed by atoms with van der Waals surface area (Å²) < 4.78 is 41.1. The van der Waals surface area contributed by atoms with Gasteiger partial charge in [0.15, 0.2) is 5.01 Å². The number of hydrogen-bond acceptors (Lipinski definition) is 8. The number of sulfonamides is 1. The third-order valence-electron chi connectivity index (χ3n) is 6.80. The second-order valence-electron chi connectivity index (χ2n) is 11.7. The molecule has 0 fully saturated rings. The summed E-state index contributed by atoms with van der Waals surface area (Å²) in [5.41, 5.74) is 2.23. The van der Waals surface area contributed by atoms with Crippen LogP contribution in [0.25, 0.3) is 0 Å². The smallest absolute Gasteiger partial charge is 0.408 e. The van der Waals surface area contributed by atoms with Crippen LogP contribution in [-0.4, -0.2) is 49.1 Å². The number of alkyl carbamates (subject to hydrolysis) is 1. The fourth-order valence-electron chi connectivity index (χ4n) is 4.72. The fourth-order valence-corrected chi connectivity index (χ4v) is 6.99. The maximum atomic E-state index is 13.4. The number of thiazole rings is 1. The standard InChI is InChI=1S/C28H41N3O6S2/c1-17-18(2)24(19(3)20-12-13-28(7,8)36-23(17)20)39(34,35)30-14-10-9-11-21(22(32)25-29-15-16-38-25)31-26(33)37-27(4,5)6/h15-16,21,30H,9-14H2,1-8H3,(H,31,33)/t21-/m0/s1. The Morgan fingerprint density at radius 1 is 1.15 bits per heavy atom. The number of unbranched alkanes of at least 4 members (excludes halogenated alkanes) is 1. The first-order valence-electron chi connectivity index (χ1n) is 13.3. The van der Waals surface area contributed by atoms with Crippen molar-refractivity contribution in [3.05, 3.63) is 38.8 Å². The van der Waals surface area contributed by atoms with Crippen molar-refractivity contribution in [1.29, 1.82) is 0 Å². The molecule has 3 rings (SSSR count). The molecule has 0 saturated carbocycles. The van der Waals surface area contributed by atoms with Crippen LogP contribution in [0.2, 0.25) is 0 Å². The van der Waals surface area contributed by atoms with E-state index >= 15 is 0 Å². The largest absolute Gasteiger partial charge is 0.487 e. The summed E-state index contributed by atoms with van der Waals surface area (Å²) in [6.07, 6.45) is 3.74. The fraction of sp³-hybridized carbons (Fsp3) is 0.607. The number of aromatic nitrogens is 1. The van der Waals surface area contributed by atoms with Crippen molar-refractivity contribution in [3.8, 4) is 5.75 Å². The van der Waals surface area contributed by atoms with Crippen LogP contribution in [0, 0.1) is 20.8 Å². The predicted octanol–water partition coefficient (Wildman–Crippen LogP) is 5.40. The van der Waals surface area contributed by atoms with E-state index in [1.54, 1.807) is 26.2 Å². The van der Waals surface area contributed by atoms with E-state index < -0.39 is 27.8 Å². The van der Waals surface area contributed by atoms with Crippen molar-refractivity contribution in [2.75, 3.05) is 6.54 Å². The minimum atomic E-state index is -3.77. The Hall–Kier alpha value is -2.50. The number of carbonyl (C=O) groups excluding carboxylic acids is 2. The van der Waals surface area contributed by atoms with Crippen LogP contribution in [0.3, 0.4) is 0 Å². The average molecular weight is 580 g/mol. The Labute approximate surface area is 236 Å². The summed E-state index contributed by atoms with van der Waals surface area (Å²) in [5.74, 6) is 0.506. The molecule has 1 aliphatic heterocycles. The molecule has 39 heavy (non-hydrogen) atoms. The van der Waals surface area contributed by atoms with E-state index in [1.807, 2.05) is 34.6 Å². The molecule has 216 valence electrons. The Morgan fingerprint density at radius 2 is 1.85 bits per heavy atom. The van der Waals surface area contributed by atoms with Crippen molar-refractivity contribution in [3.63, 3.8) is 0 Å². The Balaban J connectivity index is 1.65. The number of ketones is 1. The first kappa shape index (κ1) is 31.0. The summed E-state index contributed by atoms with van der Waals surface area (Å²) in [5, 5.41) is 4.66. The second-order valence-corrected chi connectivity index (χ2v) is 14.3. The van der Waals surface area contributed by atoms with Gasteiger partial charge in [0.25, 0.3) is 0 Å². The molecule has 0 bridgehead atoms. The van der Waals surface area contributed by atoms with Gasteiger partial charge in [-0.25, -0.2) is 22.9 Å². The highest BCUT2D eigenvalue weighted by atomic mass is 32.2. The van der Waals surface area contributed by atoms with Crippen molar-refractivity contribution >= 4 is 33.2 Å². The molecule has 11 heteroatoms. The van der Waals surface area contributed by atoms with Gasteiger partial charge in [0, 0.05) is 18.1 Å². The maximum absolute atomic E-state index is 13.4. The number of amides is 1. The molecule has 1 amide bonds. The third kappa shape index (κ3) is 7.79. The number of nitrogens with one attached hydrogen (secondary N) is 2. The Morgan fingerprint density at radius 3 is 2.46 bits per heavy atom. The lowest BCUT2D eigenvalue weighted by Gasteiger charge is -2.35. The van der Waals surface area contributed by atoms with Crippen LogP contribution in [-0.2, 0) is 21.2 Å². The van der Waals surface area contributed by atoms with Gasteiger partial charge in [0.1, 0.15) is 17.0 Å². The van der Waals surface area contributed by atoms with Gasteiger partial charge in [-0.05, 0) is 110 Å². The molecule has 0 radical (unpaired) electrons. The lowest BCUT2D eigenvalue weighted by atomic mass is 9.88. The van der Waals surface area contributed by atoms with Gasteiger partial charge in [-0.15, -0.1) is 11.3 Å². The number of Topliss-reactive ketones (excluding diaryl/α,β-unsaturated/α-hetero) is 1. The number of fused-ring (bicyclic) bond motifs is 1. The van der Waals surface area contributed by atoms with Gasteiger partial charge in [0.2, 0.25) is 15.8 Å². The highest BCUT2D eigenvalue weighted by Crippen LogP contribution is 2.42. The first-order chi connectivity index (χ1) is 18.0. The summed E-state index contributed by atoms with van der Waals surface area (Å²) in [4.78, 5) is 29.7. The number of benzene rings is 1. The topological polar surface area (TPSA) is 124 Å². The minimum absolute atomic E-state index is 0.200. The quantitative estimate of drug-likeness (QED) is 0.285. The molecule has 2 N–H and O–H groups in total. The van der Waals surface area contributed by atoms with Crippen molar-refractivity contribution in [1.82, 2.24) is 15.0 Å². The van der Waals surface area contributed by atoms with Crippen LogP contribution >= 0.6 is 11.3 Å². The van der Waals surface area contributed by atoms with Gasteiger partial charge in [-0.3, -0.25) is 4.79 Å². The zero-order valence-electron chi connectivity index (χ0n) is 24.2. The third-order valence-corrected chi connectivity index (χ3v) is 9.32. The van der Waals surface area contributed by atoms with Crippen LogP contribution in [0.4, 0.5) is 4.79 Å².